The summed E-state index contributed by atoms with van der Waals surface area (Å²) in [5.74, 6) is -1.53. The van der Waals surface area contributed by atoms with Gasteiger partial charge in [0.15, 0.2) is 11.6 Å². The number of halogens is 2. The second kappa shape index (κ2) is 6.59. The normalized spacial score (nSPS) is 12.8. The second-order valence-corrected chi connectivity index (χ2v) is 4.06. The van der Waals surface area contributed by atoms with Crippen LogP contribution in [0.25, 0.3) is 0 Å². The lowest BCUT2D eigenvalue weighted by Gasteiger charge is -2.14. The molecule has 1 nitrogen and oxygen atoms in total. The van der Waals surface area contributed by atoms with Gasteiger partial charge in [-0.05, 0) is 44.0 Å². The number of benzene rings is 1. The largest absolute Gasteiger partial charge is 0.317 e. The highest BCUT2D eigenvalue weighted by Gasteiger charge is 2.07. The maximum absolute atomic E-state index is 12.9. The summed E-state index contributed by atoms with van der Waals surface area (Å²) in [6.07, 6.45) is 3.97. The minimum Gasteiger partial charge on any atom is -0.317 e. The van der Waals surface area contributed by atoms with Crippen LogP contribution in [-0.4, -0.2) is 13.1 Å². The molecule has 0 aliphatic heterocycles. The van der Waals surface area contributed by atoms with Gasteiger partial charge in [0.2, 0.25) is 0 Å². The van der Waals surface area contributed by atoms with E-state index in [1.807, 2.05) is 7.05 Å². The van der Waals surface area contributed by atoms with Crippen molar-refractivity contribution in [2.24, 2.45) is 0 Å². The summed E-state index contributed by atoms with van der Waals surface area (Å²) < 4.78 is 25.6. The van der Waals surface area contributed by atoms with E-state index < -0.39 is 11.6 Å². The zero-order chi connectivity index (χ0) is 12.0. The van der Waals surface area contributed by atoms with Gasteiger partial charge in [0.1, 0.15) is 0 Å². The Bertz CT molecular complexity index is 326. The van der Waals surface area contributed by atoms with Gasteiger partial charge < -0.3 is 5.32 Å². The van der Waals surface area contributed by atoms with E-state index in [0.29, 0.717) is 6.04 Å². The third-order valence-electron chi connectivity index (χ3n) is 2.81. The third kappa shape index (κ3) is 3.89. The lowest BCUT2D eigenvalue weighted by atomic mass is 10.0. The highest BCUT2D eigenvalue weighted by molar-refractivity contribution is 5.17. The van der Waals surface area contributed by atoms with Gasteiger partial charge in [-0.25, -0.2) is 8.78 Å². The fourth-order valence-corrected chi connectivity index (χ4v) is 1.82. The van der Waals surface area contributed by atoms with Crippen molar-refractivity contribution >= 4 is 0 Å². The van der Waals surface area contributed by atoms with Crippen molar-refractivity contribution in [2.75, 3.05) is 7.05 Å². The Balaban J connectivity index is 2.50. The maximum Gasteiger partial charge on any atom is 0.159 e. The standard InChI is InChI=1S/C13H19F2N/c1-3-4-11(16-2)7-5-10-6-8-12(14)13(15)9-10/h6,8-9,11,16H,3-5,7H2,1-2H3. The van der Waals surface area contributed by atoms with Crippen LogP contribution < -0.4 is 5.32 Å². The van der Waals surface area contributed by atoms with Gasteiger partial charge in [-0.15, -0.1) is 0 Å². The molecular weight excluding hydrogens is 208 g/mol. The van der Waals surface area contributed by atoms with Crippen LogP contribution in [0.3, 0.4) is 0 Å². The first kappa shape index (κ1) is 13.1. The van der Waals surface area contributed by atoms with E-state index in [1.165, 1.54) is 12.1 Å². The molecule has 0 fully saturated rings. The van der Waals surface area contributed by atoms with Crippen LogP contribution in [0.5, 0.6) is 0 Å². The molecule has 0 saturated heterocycles. The first-order chi connectivity index (χ1) is 7.67. The van der Waals surface area contributed by atoms with Crippen LogP contribution in [0.15, 0.2) is 18.2 Å². The van der Waals surface area contributed by atoms with Crippen LogP contribution in [0.1, 0.15) is 31.7 Å². The lowest BCUT2D eigenvalue weighted by Crippen LogP contribution is -2.25. The Hall–Kier alpha value is -0.960. The molecular formula is C13H19F2N. The van der Waals surface area contributed by atoms with Gasteiger partial charge in [0.25, 0.3) is 0 Å². The Morgan fingerprint density at radius 3 is 2.50 bits per heavy atom. The minimum absolute atomic E-state index is 0.457. The average molecular weight is 227 g/mol. The SMILES string of the molecule is CCCC(CCc1ccc(F)c(F)c1)NC. The number of hydrogen-bond acceptors (Lipinski definition) is 1. The molecule has 0 aliphatic rings. The molecule has 0 radical (unpaired) electrons. The van der Waals surface area contributed by atoms with Crippen molar-refractivity contribution < 1.29 is 8.78 Å². The summed E-state index contributed by atoms with van der Waals surface area (Å²) in [6, 6.07) is 4.59. The van der Waals surface area contributed by atoms with Crippen LogP contribution in [0.2, 0.25) is 0 Å². The molecule has 0 aromatic heterocycles. The predicted octanol–water partition coefficient (Wildman–Crippen LogP) is 3.29. The highest BCUT2D eigenvalue weighted by Crippen LogP contribution is 2.12. The number of rotatable bonds is 6. The Labute approximate surface area is 95.9 Å². The second-order valence-electron chi connectivity index (χ2n) is 4.06. The van der Waals surface area contributed by atoms with Crippen LogP contribution in [-0.2, 0) is 6.42 Å². The van der Waals surface area contributed by atoms with Gasteiger partial charge in [0.05, 0.1) is 0 Å². The molecule has 0 spiro atoms. The Morgan fingerprint density at radius 2 is 1.94 bits per heavy atom. The molecule has 90 valence electrons. The molecule has 16 heavy (non-hydrogen) atoms. The summed E-state index contributed by atoms with van der Waals surface area (Å²) >= 11 is 0. The zero-order valence-electron chi connectivity index (χ0n) is 9.89. The first-order valence-corrected chi connectivity index (χ1v) is 5.78. The summed E-state index contributed by atoms with van der Waals surface area (Å²) in [7, 11) is 1.94. The summed E-state index contributed by atoms with van der Waals surface area (Å²) in [5, 5.41) is 3.23. The minimum atomic E-state index is -0.775. The number of hydrogen-bond donors (Lipinski definition) is 1. The van der Waals surface area contributed by atoms with E-state index in [9.17, 15) is 8.78 Å². The zero-order valence-corrected chi connectivity index (χ0v) is 9.89. The van der Waals surface area contributed by atoms with E-state index in [2.05, 4.69) is 12.2 Å². The predicted molar refractivity (Wildman–Crippen MR) is 62.4 cm³/mol. The molecule has 1 aromatic rings. The van der Waals surface area contributed by atoms with Gasteiger partial charge in [-0.1, -0.05) is 19.4 Å². The van der Waals surface area contributed by atoms with Crippen LogP contribution >= 0.6 is 0 Å². The number of nitrogens with one attached hydrogen (secondary N) is 1. The molecule has 3 heteroatoms. The number of aryl methyl sites for hydroxylation is 1. The van der Waals surface area contributed by atoms with Gasteiger partial charge in [-0.2, -0.15) is 0 Å². The summed E-state index contributed by atoms with van der Waals surface area (Å²) in [5.41, 5.74) is 0.857. The van der Waals surface area contributed by atoms with E-state index in [1.54, 1.807) is 6.07 Å². The maximum atomic E-state index is 12.9. The molecule has 0 saturated carbocycles. The molecule has 1 aromatic carbocycles. The molecule has 1 rings (SSSR count). The van der Waals surface area contributed by atoms with Gasteiger partial charge >= 0.3 is 0 Å². The lowest BCUT2D eigenvalue weighted by molar-refractivity contribution is 0.480. The quantitative estimate of drug-likeness (QED) is 0.786. The van der Waals surface area contributed by atoms with E-state index in [-0.39, 0.29) is 0 Å². The molecule has 1 atom stereocenters. The van der Waals surface area contributed by atoms with Crippen molar-refractivity contribution in [3.63, 3.8) is 0 Å². The fourth-order valence-electron chi connectivity index (χ4n) is 1.82. The van der Waals surface area contributed by atoms with Crippen LogP contribution in [0.4, 0.5) is 8.78 Å². The van der Waals surface area contributed by atoms with E-state index in [0.717, 1.165) is 31.2 Å². The Kier molecular flexibility index (Phi) is 5.39. The first-order valence-electron chi connectivity index (χ1n) is 5.78. The van der Waals surface area contributed by atoms with Crippen molar-refractivity contribution in [2.45, 2.75) is 38.6 Å². The molecule has 1 N–H and O–H groups in total. The highest BCUT2D eigenvalue weighted by atomic mass is 19.2. The molecule has 0 aliphatic carbocycles. The molecule has 0 heterocycles. The molecule has 1 unspecified atom stereocenters. The smallest absolute Gasteiger partial charge is 0.159 e. The summed E-state index contributed by atoms with van der Waals surface area (Å²) in [6.45, 7) is 2.14. The average Bonchev–Trinajstić information content (AvgIpc) is 2.28. The molecule has 0 bridgehead atoms. The molecule has 0 amide bonds. The fraction of sp³-hybridized carbons (Fsp3) is 0.538. The van der Waals surface area contributed by atoms with E-state index in [4.69, 9.17) is 0 Å². The van der Waals surface area contributed by atoms with Crippen molar-refractivity contribution in [3.05, 3.63) is 35.4 Å². The Morgan fingerprint density at radius 1 is 1.19 bits per heavy atom. The van der Waals surface area contributed by atoms with E-state index >= 15 is 0 Å². The summed E-state index contributed by atoms with van der Waals surface area (Å²) in [4.78, 5) is 0. The monoisotopic (exact) mass is 227 g/mol. The van der Waals surface area contributed by atoms with Crippen molar-refractivity contribution in [1.82, 2.24) is 5.32 Å². The van der Waals surface area contributed by atoms with Crippen LogP contribution in [0, 0.1) is 11.6 Å². The van der Waals surface area contributed by atoms with Gasteiger partial charge in [0, 0.05) is 6.04 Å². The van der Waals surface area contributed by atoms with Crippen molar-refractivity contribution in [1.29, 1.82) is 0 Å². The third-order valence-corrected chi connectivity index (χ3v) is 2.81. The van der Waals surface area contributed by atoms with Gasteiger partial charge in [-0.3, -0.25) is 0 Å². The van der Waals surface area contributed by atoms with Crippen molar-refractivity contribution in [3.8, 4) is 0 Å². The topological polar surface area (TPSA) is 12.0 Å².